The van der Waals surface area contributed by atoms with Crippen LogP contribution in [0.3, 0.4) is 0 Å². The van der Waals surface area contributed by atoms with E-state index in [1.165, 1.54) is 11.8 Å². The normalized spacial score (nSPS) is 19.5. The van der Waals surface area contributed by atoms with Crippen molar-refractivity contribution in [2.45, 2.75) is 18.9 Å². The van der Waals surface area contributed by atoms with Gasteiger partial charge in [-0.1, -0.05) is 30.3 Å². The number of benzene rings is 1. The molecule has 1 atom stereocenters. The molecule has 0 saturated carbocycles. The SMILES string of the molecule is CS(=O)(=O)N1CCN(CC(N)CCc2ccccc2)CC1. The molecule has 6 heteroatoms. The third-order valence-electron chi connectivity index (χ3n) is 3.94. The van der Waals surface area contributed by atoms with E-state index in [0.717, 1.165) is 32.5 Å². The van der Waals surface area contributed by atoms with Crippen molar-refractivity contribution in [3.8, 4) is 0 Å². The fourth-order valence-corrected chi connectivity index (χ4v) is 3.49. The maximum atomic E-state index is 11.5. The van der Waals surface area contributed by atoms with Crippen molar-refractivity contribution in [2.24, 2.45) is 5.73 Å². The first kappa shape index (κ1) is 16.4. The zero-order chi connectivity index (χ0) is 15.3. The molecule has 1 fully saturated rings. The predicted octanol–water partition coefficient (Wildman–Crippen LogP) is 0.524. The standard InChI is InChI=1S/C15H25N3O2S/c1-21(19,20)18-11-9-17(10-12-18)13-15(16)8-7-14-5-3-2-4-6-14/h2-6,15H,7-13,16H2,1H3. The summed E-state index contributed by atoms with van der Waals surface area (Å²) in [5, 5.41) is 0. The summed E-state index contributed by atoms with van der Waals surface area (Å²) in [6.07, 6.45) is 3.22. The lowest BCUT2D eigenvalue weighted by Gasteiger charge is -2.34. The molecule has 0 radical (unpaired) electrons. The van der Waals surface area contributed by atoms with E-state index in [1.807, 2.05) is 18.2 Å². The van der Waals surface area contributed by atoms with Gasteiger partial charge in [0.2, 0.25) is 10.0 Å². The van der Waals surface area contributed by atoms with Gasteiger partial charge in [0.1, 0.15) is 0 Å². The fraction of sp³-hybridized carbons (Fsp3) is 0.600. The van der Waals surface area contributed by atoms with Crippen molar-refractivity contribution in [2.75, 3.05) is 39.0 Å². The van der Waals surface area contributed by atoms with Crippen LogP contribution >= 0.6 is 0 Å². The van der Waals surface area contributed by atoms with Crippen molar-refractivity contribution in [3.63, 3.8) is 0 Å². The predicted molar refractivity (Wildman–Crippen MR) is 85.6 cm³/mol. The van der Waals surface area contributed by atoms with Crippen LogP contribution in [0.4, 0.5) is 0 Å². The highest BCUT2D eigenvalue weighted by molar-refractivity contribution is 7.88. The average Bonchev–Trinajstić information content (AvgIpc) is 2.46. The second-order valence-electron chi connectivity index (χ2n) is 5.75. The highest BCUT2D eigenvalue weighted by Gasteiger charge is 2.23. The van der Waals surface area contributed by atoms with Gasteiger partial charge in [0.05, 0.1) is 6.26 Å². The molecule has 0 amide bonds. The number of nitrogens with zero attached hydrogens (tertiary/aromatic N) is 2. The summed E-state index contributed by atoms with van der Waals surface area (Å²) in [5.41, 5.74) is 7.51. The molecule has 1 aliphatic heterocycles. The minimum Gasteiger partial charge on any atom is -0.327 e. The molecule has 0 aromatic heterocycles. The highest BCUT2D eigenvalue weighted by Crippen LogP contribution is 2.09. The molecule has 0 bridgehead atoms. The lowest BCUT2D eigenvalue weighted by Crippen LogP contribution is -2.51. The largest absolute Gasteiger partial charge is 0.327 e. The number of piperazine rings is 1. The molecular weight excluding hydrogens is 286 g/mol. The molecule has 1 saturated heterocycles. The van der Waals surface area contributed by atoms with Gasteiger partial charge in [0.15, 0.2) is 0 Å². The van der Waals surface area contributed by atoms with Gasteiger partial charge < -0.3 is 5.73 Å². The molecule has 1 unspecified atom stereocenters. The zero-order valence-electron chi connectivity index (χ0n) is 12.6. The Kier molecular flexibility index (Phi) is 5.75. The monoisotopic (exact) mass is 311 g/mol. The molecule has 2 N–H and O–H groups in total. The Bertz CT molecular complexity index is 525. The second kappa shape index (κ2) is 7.35. The minimum atomic E-state index is -3.05. The van der Waals surface area contributed by atoms with E-state index in [2.05, 4.69) is 17.0 Å². The number of hydrogen-bond donors (Lipinski definition) is 1. The van der Waals surface area contributed by atoms with Crippen LogP contribution in [-0.4, -0.2) is 62.6 Å². The molecule has 1 aromatic carbocycles. The Hall–Kier alpha value is -0.950. The first-order valence-electron chi connectivity index (χ1n) is 7.42. The summed E-state index contributed by atoms with van der Waals surface area (Å²) in [5.74, 6) is 0. The van der Waals surface area contributed by atoms with Crippen molar-refractivity contribution in [1.29, 1.82) is 0 Å². The third-order valence-corrected chi connectivity index (χ3v) is 5.24. The van der Waals surface area contributed by atoms with E-state index in [4.69, 9.17) is 5.73 Å². The van der Waals surface area contributed by atoms with E-state index in [0.29, 0.717) is 13.1 Å². The summed E-state index contributed by atoms with van der Waals surface area (Å²) < 4.78 is 24.5. The number of hydrogen-bond acceptors (Lipinski definition) is 4. The van der Waals surface area contributed by atoms with Gasteiger partial charge >= 0.3 is 0 Å². The molecule has 21 heavy (non-hydrogen) atoms. The van der Waals surface area contributed by atoms with Crippen molar-refractivity contribution >= 4 is 10.0 Å². The van der Waals surface area contributed by atoms with Crippen LogP contribution in [0.1, 0.15) is 12.0 Å². The van der Waals surface area contributed by atoms with Crippen molar-refractivity contribution < 1.29 is 8.42 Å². The Balaban J connectivity index is 1.71. The van der Waals surface area contributed by atoms with E-state index in [9.17, 15) is 8.42 Å². The van der Waals surface area contributed by atoms with Gasteiger partial charge in [-0.05, 0) is 18.4 Å². The molecule has 1 aromatic rings. The Morgan fingerprint density at radius 2 is 1.76 bits per heavy atom. The summed E-state index contributed by atoms with van der Waals surface area (Å²) >= 11 is 0. The van der Waals surface area contributed by atoms with E-state index < -0.39 is 10.0 Å². The molecule has 118 valence electrons. The lowest BCUT2D eigenvalue weighted by atomic mass is 10.1. The number of rotatable bonds is 6. The third kappa shape index (κ3) is 5.39. The average molecular weight is 311 g/mol. The van der Waals surface area contributed by atoms with Crippen LogP contribution in [-0.2, 0) is 16.4 Å². The fourth-order valence-electron chi connectivity index (χ4n) is 2.66. The van der Waals surface area contributed by atoms with Crippen molar-refractivity contribution in [1.82, 2.24) is 9.21 Å². The van der Waals surface area contributed by atoms with Gasteiger partial charge in [-0.25, -0.2) is 8.42 Å². The minimum absolute atomic E-state index is 0.134. The summed E-state index contributed by atoms with van der Waals surface area (Å²) in [7, 11) is -3.05. The van der Waals surface area contributed by atoms with Crippen LogP contribution in [0.5, 0.6) is 0 Å². The maximum absolute atomic E-state index is 11.5. The highest BCUT2D eigenvalue weighted by atomic mass is 32.2. The molecule has 1 heterocycles. The summed E-state index contributed by atoms with van der Waals surface area (Å²) in [6, 6.07) is 10.5. The smallest absolute Gasteiger partial charge is 0.211 e. The van der Waals surface area contributed by atoms with Gasteiger partial charge in [-0.15, -0.1) is 0 Å². The molecule has 1 aliphatic rings. The number of sulfonamides is 1. The first-order valence-corrected chi connectivity index (χ1v) is 9.27. The van der Waals surface area contributed by atoms with Gasteiger partial charge in [-0.2, -0.15) is 4.31 Å². The maximum Gasteiger partial charge on any atom is 0.211 e. The van der Waals surface area contributed by atoms with Gasteiger partial charge in [-0.3, -0.25) is 4.90 Å². The molecule has 5 nitrogen and oxygen atoms in total. The summed E-state index contributed by atoms with van der Waals surface area (Å²) in [4.78, 5) is 2.26. The zero-order valence-corrected chi connectivity index (χ0v) is 13.4. The second-order valence-corrected chi connectivity index (χ2v) is 7.73. The van der Waals surface area contributed by atoms with Crippen LogP contribution in [0.15, 0.2) is 30.3 Å². The lowest BCUT2D eigenvalue weighted by molar-refractivity contribution is 0.178. The van der Waals surface area contributed by atoms with Crippen LogP contribution in [0, 0.1) is 0 Å². The van der Waals surface area contributed by atoms with Crippen LogP contribution < -0.4 is 5.73 Å². The molecule has 0 spiro atoms. The van der Waals surface area contributed by atoms with Crippen LogP contribution in [0.25, 0.3) is 0 Å². The van der Waals surface area contributed by atoms with E-state index in [-0.39, 0.29) is 6.04 Å². The number of nitrogens with two attached hydrogens (primary N) is 1. The van der Waals surface area contributed by atoms with Crippen molar-refractivity contribution in [3.05, 3.63) is 35.9 Å². The van der Waals surface area contributed by atoms with Crippen LogP contribution in [0.2, 0.25) is 0 Å². The summed E-state index contributed by atoms with van der Waals surface area (Å²) in [6.45, 7) is 3.52. The Morgan fingerprint density at radius 1 is 1.14 bits per heavy atom. The molecule has 0 aliphatic carbocycles. The van der Waals surface area contributed by atoms with E-state index in [1.54, 1.807) is 4.31 Å². The quantitative estimate of drug-likeness (QED) is 0.832. The first-order chi connectivity index (χ1) is 9.95. The van der Waals surface area contributed by atoms with E-state index >= 15 is 0 Å². The number of aryl methyl sites for hydroxylation is 1. The molecular formula is C15H25N3O2S. The Labute approximate surface area is 127 Å². The topological polar surface area (TPSA) is 66.6 Å². The Morgan fingerprint density at radius 3 is 2.33 bits per heavy atom. The van der Waals surface area contributed by atoms with Gasteiger partial charge in [0, 0.05) is 38.8 Å². The molecule has 2 rings (SSSR count). The van der Waals surface area contributed by atoms with Gasteiger partial charge in [0.25, 0.3) is 0 Å².